The molecule has 0 aliphatic carbocycles. The molecule has 0 bridgehead atoms. The van der Waals surface area contributed by atoms with Crippen LogP contribution >= 0.6 is 11.3 Å². The Kier molecular flexibility index (Phi) is 5.23. The molecule has 1 saturated heterocycles. The molecule has 2 aliphatic rings. The summed E-state index contributed by atoms with van der Waals surface area (Å²) >= 11 is 1.72. The highest BCUT2D eigenvalue weighted by Crippen LogP contribution is 2.29. The van der Waals surface area contributed by atoms with E-state index in [4.69, 9.17) is 0 Å². The van der Waals surface area contributed by atoms with Crippen molar-refractivity contribution >= 4 is 28.7 Å². The van der Waals surface area contributed by atoms with E-state index < -0.39 is 0 Å². The predicted octanol–water partition coefficient (Wildman–Crippen LogP) is 3.62. The van der Waals surface area contributed by atoms with Gasteiger partial charge in [0.05, 0.1) is 11.6 Å². The summed E-state index contributed by atoms with van der Waals surface area (Å²) in [6, 6.07) is 12.4. The SMILES string of the molecule is CC(c1nccs1)N1CCN(c2ccc(C(=O)N3CCc4ccccc43)cn2)CC1. The number of hydrogen-bond acceptors (Lipinski definition) is 6. The number of anilines is 2. The largest absolute Gasteiger partial charge is 0.354 e. The zero-order valence-corrected chi connectivity index (χ0v) is 17.9. The van der Waals surface area contributed by atoms with Crippen LogP contribution in [0.2, 0.25) is 0 Å². The number of fused-ring (bicyclic) bond motifs is 1. The van der Waals surface area contributed by atoms with Crippen LogP contribution < -0.4 is 9.80 Å². The zero-order chi connectivity index (χ0) is 20.5. The van der Waals surface area contributed by atoms with E-state index in [1.54, 1.807) is 17.5 Å². The maximum Gasteiger partial charge on any atom is 0.259 e. The smallest absolute Gasteiger partial charge is 0.259 e. The van der Waals surface area contributed by atoms with Crippen LogP contribution in [0.3, 0.4) is 0 Å². The average molecular weight is 420 g/mol. The molecule has 5 rings (SSSR count). The number of para-hydroxylation sites is 1. The highest BCUT2D eigenvalue weighted by molar-refractivity contribution is 7.09. The summed E-state index contributed by atoms with van der Waals surface area (Å²) < 4.78 is 0. The Morgan fingerprint density at radius 3 is 2.60 bits per heavy atom. The number of benzene rings is 1. The maximum absolute atomic E-state index is 13.0. The second-order valence-corrected chi connectivity index (χ2v) is 8.74. The van der Waals surface area contributed by atoms with E-state index in [1.165, 1.54) is 10.6 Å². The first-order chi connectivity index (χ1) is 14.7. The van der Waals surface area contributed by atoms with E-state index in [2.05, 4.69) is 32.8 Å². The van der Waals surface area contributed by atoms with Crippen molar-refractivity contribution in [2.45, 2.75) is 19.4 Å². The van der Waals surface area contributed by atoms with Crippen LogP contribution in [-0.4, -0.2) is 53.5 Å². The summed E-state index contributed by atoms with van der Waals surface area (Å²) in [7, 11) is 0. The summed E-state index contributed by atoms with van der Waals surface area (Å²) in [4.78, 5) is 28.7. The molecule has 4 heterocycles. The zero-order valence-electron chi connectivity index (χ0n) is 17.1. The summed E-state index contributed by atoms with van der Waals surface area (Å²) in [5.74, 6) is 0.969. The van der Waals surface area contributed by atoms with Gasteiger partial charge in [-0.1, -0.05) is 18.2 Å². The molecule has 0 N–H and O–H groups in total. The van der Waals surface area contributed by atoms with Gasteiger partial charge in [0.25, 0.3) is 5.91 Å². The van der Waals surface area contributed by atoms with E-state index in [0.29, 0.717) is 11.6 Å². The number of carbonyl (C=O) groups is 1. The van der Waals surface area contributed by atoms with Gasteiger partial charge in [0.1, 0.15) is 10.8 Å². The fraction of sp³-hybridized carbons (Fsp3) is 0.348. The van der Waals surface area contributed by atoms with Gasteiger partial charge in [0, 0.05) is 56.2 Å². The number of amides is 1. The van der Waals surface area contributed by atoms with E-state index >= 15 is 0 Å². The lowest BCUT2D eigenvalue weighted by atomic mass is 10.2. The van der Waals surface area contributed by atoms with Crippen LogP contribution in [0.5, 0.6) is 0 Å². The van der Waals surface area contributed by atoms with Crippen LogP contribution in [0, 0.1) is 0 Å². The molecule has 2 aliphatic heterocycles. The third kappa shape index (κ3) is 3.59. The van der Waals surface area contributed by atoms with Crippen LogP contribution in [-0.2, 0) is 6.42 Å². The van der Waals surface area contributed by atoms with Crippen LogP contribution in [0.1, 0.15) is 33.9 Å². The van der Waals surface area contributed by atoms with Crippen molar-refractivity contribution < 1.29 is 4.79 Å². The van der Waals surface area contributed by atoms with Crippen LogP contribution in [0.4, 0.5) is 11.5 Å². The van der Waals surface area contributed by atoms with Crippen molar-refractivity contribution in [3.8, 4) is 0 Å². The first-order valence-electron chi connectivity index (χ1n) is 10.4. The quantitative estimate of drug-likeness (QED) is 0.646. The summed E-state index contributed by atoms with van der Waals surface area (Å²) in [6.07, 6.45) is 4.51. The minimum atomic E-state index is 0.0288. The van der Waals surface area contributed by atoms with Gasteiger partial charge in [-0.3, -0.25) is 9.69 Å². The van der Waals surface area contributed by atoms with Crippen molar-refractivity contribution in [2.24, 2.45) is 0 Å². The second-order valence-electron chi connectivity index (χ2n) is 7.81. The Balaban J connectivity index is 1.22. The van der Waals surface area contributed by atoms with E-state index in [1.807, 2.05) is 46.8 Å². The lowest BCUT2D eigenvalue weighted by Gasteiger charge is -2.38. The number of pyridine rings is 1. The fourth-order valence-corrected chi connectivity index (χ4v) is 5.07. The van der Waals surface area contributed by atoms with Crippen molar-refractivity contribution in [3.05, 3.63) is 70.3 Å². The molecule has 0 saturated carbocycles. The Morgan fingerprint density at radius 1 is 1.03 bits per heavy atom. The molecule has 154 valence electrons. The highest BCUT2D eigenvalue weighted by atomic mass is 32.1. The van der Waals surface area contributed by atoms with Gasteiger partial charge in [-0.15, -0.1) is 11.3 Å². The lowest BCUT2D eigenvalue weighted by Crippen LogP contribution is -2.47. The van der Waals surface area contributed by atoms with Gasteiger partial charge in [-0.2, -0.15) is 0 Å². The number of rotatable bonds is 4. The molecule has 0 radical (unpaired) electrons. The minimum Gasteiger partial charge on any atom is -0.354 e. The first kappa shape index (κ1) is 19.2. The number of nitrogens with zero attached hydrogens (tertiary/aromatic N) is 5. The summed E-state index contributed by atoms with van der Waals surface area (Å²) in [5, 5.41) is 3.21. The monoisotopic (exact) mass is 419 g/mol. The molecule has 6 nitrogen and oxygen atoms in total. The van der Waals surface area contributed by atoms with E-state index in [0.717, 1.165) is 50.6 Å². The highest BCUT2D eigenvalue weighted by Gasteiger charge is 2.26. The normalized spacial score (nSPS) is 17.8. The molecule has 1 atom stereocenters. The van der Waals surface area contributed by atoms with E-state index in [9.17, 15) is 4.79 Å². The van der Waals surface area contributed by atoms with Gasteiger partial charge >= 0.3 is 0 Å². The number of hydrogen-bond donors (Lipinski definition) is 0. The molecule has 1 amide bonds. The van der Waals surface area contributed by atoms with Crippen molar-refractivity contribution in [1.82, 2.24) is 14.9 Å². The maximum atomic E-state index is 13.0. The van der Waals surface area contributed by atoms with Crippen LogP contribution in [0.15, 0.2) is 54.2 Å². The van der Waals surface area contributed by atoms with Crippen molar-refractivity contribution in [1.29, 1.82) is 0 Å². The predicted molar refractivity (Wildman–Crippen MR) is 120 cm³/mol. The second kappa shape index (κ2) is 8.16. The first-order valence-corrected chi connectivity index (χ1v) is 11.3. The van der Waals surface area contributed by atoms with Gasteiger partial charge < -0.3 is 9.80 Å². The fourth-order valence-electron chi connectivity index (χ4n) is 4.34. The number of thiazole rings is 1. The van der Waals surface area contributed by atoms with Crippen LogP contribution in [0.25, 0.3) is 0 Å². The molecule has 1 fully saturated rings. The topological polar surface area (TPSA) is 52.6 Å². The molecule has 1 aromatic carbocycles. The van der Waals surface area contributed by atoms with Gasteiger partial charge in [-0.25, -0.2) is 9.97 Å². The molecular formula is C23H25N5OS. The van der Waals surface area contributed by atoms with Gasteiger partial charge in [-0.05, 0) is 37.1 Å². The van der Waals surface area contributed by atoms with Crippen molar-refractivity contribution in [3.63, 3.8) is 0 Å². The molecule has 2 aromatic heterocycles. The average Bonchev–Trinajstić information content (AvgIpc) is 3.49. The van der Waals surface area contributed by atoms with Gasteiger partial charge in [0.2, 0.25) is 0 Å². The molecule has 7 heteroatoms. The summed E-state index contributed by atoms with van der Waals surface area (Å²) in [6.45, 7) is 6.77. The number of aromatic nitrogens is 2. The van der Waals surface area contributed by atoms with E-state index in [-0.39, 0.29) is 5.91 Å². The molecular weight excluding hydrogens is 394 g/mol. The Morgan fingerprint density at radius 2 is 1.87 bits per heavy atom. The number of carbonyl (C=O) groups excluding carboxylic acids is 1. The standard InChI is InChI=1S/C23H25N5OS/c1-17(22-24-9-15-30-22)26-11-13-27(14-12-26)21-7-6-19(16-25-21)23(29)28-10-8-18-4-2-3-5-20(18)28/h2-7,9,15-17H,8,10-14H2,1H3. The van der Waals surface area contributed by atoms with Gasteiger partial charge in [0.15, 0.2) is 0 Å². The molecule has 3 aromatic rings. The molecule has 0 spiro atoms. The Labute approximate surface area is 180 Å². The molecule has 1 unspecified atom stereocenters. The summed E-state index contributed by atoms with van der Waals surface area (Å²) in [5.41, 5.74) is 2.91. The third-order valence-electron chi connectivity index (χ3n) is 6.12. The number of piperazine rings is 1. The van der Waals surface area contributed by atoms with Crippen molar-refractivity contribution in [2.75, 3.05) is 42.5 Å². The third-order valence-corrected chi connectivity index (χ3v) is 7.07. The minimum absolute atomic E-state index is 0.0288. The Bertz CT molecular complexity index is 1010. The lowest BCUT2D eigenvalue weighted by molar-refractivity contribution is 0.0989. The Hall–Kier alpha value is -2.77. The molecule has 30 heavy (non-hydrogen) atoms.